The second-order valence-corrected chi connectivity index (χ2v) is 8.00. The largest absolute Gasteiger partial charge is 0.351 e. The molecule has 0 fully saturated rings. The quantitative estimate of drug-likeness (QED) is 0.535. The second-order valence-electron chi connectivity index (χ2n) is 7.08. The molecule has 0 aliphatic carbocycles. The van der Waals surface area contributed by atoms with E-state index in [0.29, 0.717) is 5.70 Å². The summed E-state index contributed by atoms with van der Waals surface area (Å²) >= 11 is 3.55. The third kappa shape index (κ3) is 3.73. The first-order valence-corrected chi connectivity index (χ1v) is 10.0. The highest BCUT2D eigenvalue weighted by Crippen LogP contribution is 2.36. The van der Waals surface area contributed by atoms with Gasteiger partial charge in [0.2, 0.25) is 0 Å². The highest BCUT2D eigenvalue weighted by Gasteiger charge is 2.34. The van der Waals surface area contributed by atoms with Crippen LogP contribution in [0.5, 0.6) is 0 Å². The second kappa shape index (κ2) is 7.64. The third-order valence-electron chi connectivity index (χ3n) is 4.88. The van der Waals surface area contributed by atoms with Gasteiger partial charge in [0.05, 0.1) is 6.04 Å². The minimum Gasteiger partial charge on any atom is -0.351 e. The molecule has 0 saturated carbocycles. The van der Waals surface area contributed by atoms with Crippen LogP contribution in [0.25, 0.3) is 0 Å². The molecule has 28 heavy (non-hydrogen) atoms. The molecular formula is C24H21BrN2O. The molecule has 3 nitrogen and oxygen atoms in total. The Hall–Kier alpha value is -2.85. The molecule has 1 heterocycles. The first-order chi connectivity index (χ1) is 13.5. The number of carbonyl (C=O) groups is 1. The zero-order valence-corrected chi connectivity index (χ0v) is 17.4. The van der Waals surface area contributed by atoms with E-state index in [4.69, 9.17) is 0 Å². The van der Waals surface area contributed by atoms with E-state index in [0.717, 1.165) is 21.4 Å². The van der Waals surface area contributed by atoms with E-state index in [-0.39, 0.29) is 11.9 Å². The van der Waals surface area contributed by atoms with E-state index in [1.807, 2.05) is 85.5 Å². The van der Waals surface area contributed by atoms with Gasteiger partial charge in [0, 0.05) is 15.8 Å². The summed E-state index contributed by atoms with van der Waals surface area (Å²) in [6, 6.07) is 24.1. The molecule has 0 saturated heterocycles. The fraction of sp³-hybridized carbons (Fsp3) is 0.125. The van der Waals surface area contributed by atoms with Gasteiger partial charge in [0.15, 0.2) is 0 Å². The van der Waals surface area contributed by atoms with E-state index in [9.17, 15) is 4.79 Å². The van der Waals surface area contributed by atoms with Crippen LogP contribution in [0.3, 0.4) is 0 Å². The van der Waals surface area contributed by atoms with Crippen LogP contribution in [0, 0.1) is 13.8 Å². The highest BCUT2D eigenvalue weighted by molar-refractivity contribution is 9.10. The van der Waals surface area contributed by atoms with Gasteiger partial charge in [-0.05, 0) is 61.9 Å². The fourth-order valence-corrected chi connectivity index (χ4v) is 3.78. The monoisotopic (exact) mass is 432 g/mol. The maximum atomic E-state index is 13.3. The van der Waals surface area contributed by atoms with E-state index < -0.39 is 0 Å². The van der Waals surface area contributed by atoms with Crippen molar-refractivity contribution in [3.8, 4) is 0 Å². The predicted molar refractivity (Wildman–Crippen MR) is 118 cm³/mol. The third-order valence-corrected chi connectivity index (χ3v) is 5.38. The Kier molecular flexibility index (Phi) is 5.05. The summed E-state index contributed by atoms with van der Waals surface area (Å²) in [7, 11) is 0. The topological polar surface area (TPSA) is 32.3 Å². The minimum atomic E-state index is -0.166. The van der Waals surface area contributed by atoms with Gasteiger partial charge in [0.1, 0.15) is 5.70 Å². The number of hydrogen-bond donors (Lipinski definition) is 1. The van der Waals surface area contributed by atoms with Crippen molar-refractivity contribution >= 4 is 33.2 Å². The molecule has 1 aliphatic heterocycles. The molecule has 140 valence electrons. The van der Waals surface area contributed by atoms with E-state index in [1.54, 1.807) is 0 Å². The molecule has 3 aromatic rings. The van der Waals surface area contributed by atoms with Crippen molar-refractivity contribution < 1.29 is 4.79 Å². The maximum absolute atomic E-state index is 13.3. The van der Waals surface area contributed by atoms with Gasteiger partial charge in [-0.1, -0.05) is 63.5 Å². The summed E-state index contributed by atoms with van der Waals surface area (Å²) in [4.78, 5) is 15.2. The van der Waals surface area contributed by atoms with Crippen molar-refractivity contribution in [2.24, 2.45) is 0 Å². The van der Waals surface area contributed by atoms with Crippen molar-refractivity contribution in [2.75, 3.05) is 10.2 Å². The summed E-state index contributed by atoms with van der Waals surface area (Å²) in [5.41, 5.74) is 5.80. The first-order valence-electron chi connectivity index (χ1n) is 9.22. The van der Waals surface area contributed by atoms with Crippen molar-refractivity contribution in [3.05, 3.63) is 106 Å². The first kappa shape index (κ1) is 18.5. The van der Waals surface area contributed by atoms with Gasteiger partial charge in [-0.3, -0.25) is 9.69 Å². The van der Waals surface area contributed by atoms with Crippen LogP contribution in [0.1, 0.15) is 22.7 Å². The zero-order chi connectivity index (χ0) is 19.7. The van der Waals surface area contributed by atoms with Gasteiger partial charge in [0.25, 0.3) is 5.91 Å². The van der Waals surface area contributed by atoms with Crippen molar-refractivity contribution in [1.82, 2.24) is 0 Å². The van der Waals surface area contributed by atoms with Crippen molar-refractivity contribution in [3.63, 3.8) is 0 Å². The summed E-state index contributed by atoms with van der Waals surface area (Å²) in [5, 5.41) is 3.30. The van der Waals surface area contributed by atoms with Crippen LogP contribution in [0.2, 0.25) is 0 Å². The van der Waals surface area contributed by atoms with Crippen LogP contribution < -0.4 is 10.2 Å². The number of nitrogens with zero attached hydrogens (tertiary/aromatic N) is 1. The number of hydrogen-bond acceptors (Lipinski definition) is 2. The molecule has 1 amide bonds. The van der Waals surface area contributed by atoms with Crippen molar-refractivity contribution in [2.45, 2.75) is 19.9 Å². The molecule has 0 bridgehead atoms. The molecule has 4 heteroatoms. The lowest BCUT2D eigenvalue weighted by Crippen LogP contribution is -2.30. The molecule has 1 unspecified atom stereocenters. The van der Waals surface area contributed by atoms with Gasteiger partial charge < -0.3 is 5.32 Å². The van der Waals surface area contributed by atoms with Crippen LogP contribution >= 0.6 is 15.9 Å². The summed E-state index contributed by atoms with van der Waals surface area (Å²) in [5.74, 6) is -0.0330. The van der Waals surface area contributed by atoms with Crippen LogP contribution in [0.4, 0.5) is 11.4 Å². The maximum Gasteiger partial charge on any atom is 0.275 e. The number of carbonyl (C=O) groups excluding carboxylic acids is 1. The van der Waals surface area contributed by atoms with Gasteiger partial charge in [-0.25, -0.2) is 0 Å². The Balaban J connectivity index is 1.73. The number of nitrogens with one attached hydrogen (secondary N) is 1. The number of halogens is 1. The Bertz CT molecular complexity index is 1040. The average molecular weight is 433 g/mol. The number of amides is 1. The van der Waals surface area contributed by atoms with Crippen LogP contribution in [-0.4, -0.2) is 5.91 Å². The number of aryl methyl sites for hydroxylation is 2. The predicted octanol–water partition coefficient (Wildman–Crippen LogP) is 6.15. The average Bonchev–Trinajstić information content (AvgIpc) is 3.01. The lowest BCUT2D eigenvalue weighted by molar-refractivity contribution is -0.114. The molecule has 1 atom stereocenters. The van der Waals surface area contributed by atoms with Crippen LogP contribution in [-0.2, 0) is 4.79 Å². The van der Waals surface area contributed by atoms with Gasteiger partial charge in [-0.2, -0.15) is 0 Å². The summed E-state index contributed by atoms with van der Waals surface area (Å²) in [6.45, 7) is 4.09. The SMILES string of the molecule is Cc1ccc(NC2=CC(c3cccc(Br)c3)N(c3ccc(C)cc3)C2=O)cc1. The van der Waals surface area contributed by atoms with Gasteiger partial charge >= 0.3 is 0 Å². The molecule has 4 rings (SSSR count). The Morgan fingerprint density at radius 1 is 0.893 bits per heavy atom. The lowest BCUT2D eigenvalue weighted by atomic mass is 10.1. The summed E-state index contributed by atoms with van der Waals surface area (Å²) in [6.07, 6.45) is 2.00. The minimum absolute atomic E-state index is 0.0330. The Morgan fingerprint density at radius 2 is 1.54 bits per heavy atom. The molecular weight excluding hydrogens is 412 g/mol. The molecule has 1 aliphatic rings. The standard InChI is InChI=1S/C24H21BrN2O/c1-16-6-10-20(11-7-16)26-22-15-23(18-4-3-5-19(25)14-18)27(24(22)28)21-12-8-17(2)9-13-21/h3-15,23,26H,1-2H3. The normalized spacial score (nSPS) is 16.2. The number of benzene rings is 3. The van der Waals surface area contributed by atoms with E-state index >= 15 is 0 Å². The van der Waals surface area contributed by atoms with Crippen molar-refractivity contribution in [1.29, 1.82) is 0 Å². The number of anilines is 2. The Labute approximate surface area is 173 Å². The Morgan fingerprint density at radius 3 is 2.18 bits per heavy atom. The smallest absolute Gasteiger partial charge is 0.275 e. The fourth-order valence-electron chi connectivity index (χ4n) is 3.37. The van der Waals surface area contributed by atoms with E-state index in [1.165, 1.54) is 11.1 Å². The highest BCUT2D eigenvalue weighted by atomic mass is 79.9. The van der Waals surface area contributed by atoms with Crippen LogP contribution in [0.15, 0.2) is 89.0 Å². The number of rotatable bonds is 4. The van der Waals surface area contributed by atoms with E-state index in [2.05, 4.69) is 33.4 Å². The molecule has 0 aromatic heterocycles. The van der Waals surface area contributed by atoms with Gasteiger partial charge in [-0.15, -0.1) is 0 Å². The lowest BCUT2D eigenvalue weighted by Gasteiger charge is -2.25. The summed E-state index contributed by atoms with van der Waals surface area (Å²) < 4.78 is 0.995. The molecule has 1 N–H and O–H groups in total. The molecule has 3 aromatic carbocycles. The zero-order valence-electron chi connectivity index (χ0n) is 15.8. The molecule has 0 radical (unpaired) electrons. The molecule has 0 spiro atoms.